The number of nitrogens with one attached hydrogen (secondary N) is 1. The van der Waals surface area contributed by atoms with Crippen molar-refractivity contribution in [3.8, 4) is 11.1 Å². The zero-order valence-corrected chi connectivity index (χ0v) is 24.6. The molecule has 0 bridgehead atoms. The molecule has 0 saturated carbocycles. The van der Waals surface area contributed by atoms with Crippen molar-refractivity contribution < 1.29 is 18.7 Å². The Hall–Kier alpha value is -4.36. The minimum atomic E-state index is -0.270. The van der Waals surface area contributed by atoms with Crippen LogP contribution < -0.4 is 15.9 Å². The molecule has 0 aromatic heterocycles. The summed E-state index contributed by atoms with van der Waals surface area (Å²) in [5.41, 5.74) is 5.71. The number of methoxy groups -OCH3 is 1. The van der Waals surface area contributed by atoms with Gasteiger partial charge in [-0.1, -0.05) is 48.6 Å². The first-order valence-corrected chi connectivity index (χ1v) is 15.0. The highest BCUT2D eigenvalue weighted by molar-refractivity contribution is 5.97. The van der Waals surface area contributed by atoms with Crippen LogP contribution in [-0.2, 0) is 4.74 Å². The summed E-state index contributed by atoms with van der Waals surface area (Å²) in [4.78, 5) is 33.0. The van der Waals surface area contributed by atoms with Crippen LogP contribution in [0.15, 0.2) is 95.1 Å². The molecule has 1 unspecified atom stereocenters. The van der Waals surface area contributed by atoms with Crippen molar-refractivity contribution in [3.05, 3.63) is 118 Å². The molecule has 7 heteroatoms. The number of halogens is 1. The van der Waals surface area contributed by atoms with Crippen LogP contribution in [0.1, 0.15) is 46.9 Å². The third-order valence-corrected chi connectivity index (χ3v) is 8.68. The molecule has 3 aromatic rings. The lowest BCUT2D eigenvalue weighted by Gasteiger charge is -2.33. The molecule has 6 rings (SSSR count). The van der Waals surface area contributed by atoms with E-state index in [1.807, 2.05) is 41.3 Å². The van der Waals surface area contributed by atoms with Gasteiger partial charge in [0.2, 0.25) is 0 Å². The molecule has 2 heterocycles. The van der Waals surface area contributed by atoms with E-state index in [1.54, 1.807) is 31.4 Å². The number of nitrogens with zero attached hydrogens (tertiary/aromatic N) is 2. The summed E-state index contributed by atoms with van der Waals surface area (Å²) in [5.74, 6) is 0.404. The van der Waals surface area contributed by atoms with Crippen molar-refractivity contribution in [2.24, 2.45) is 16.8 Å². The monoisotopic (exact) mass is 577 g/mol. The van der Waals surface area contributed by atoms with Crippen LogP contribution in [0.2, 0.25) is 0 Å². The molecule has 0 radical (unpaired) electrons. The molecule has 1 aliphatic carbocycles. The maximum absolute atomic E-state index is 14.2. The highest BCUT2D eigenvalue weighted by Gasteiger charge is 2.28. The van der Waals surface area contributed by atoms with Gasteiger partial charge in [-0.15, -0.1) is 0 Å². The smallest absolute Gasteiger partial charge is 0.253 e. The van der Waals surface area contributed by atoms with Crippen molar-refractivity contribution >= 4 is 17.4 Å². The summed E-state index contributed by atoms with van der Waals surface area (Å²) in [7, 11) is 1.62. The number of piperidine rings is 1. The first-order chi connectivity index (χ1) is 20.9. The number of fused-ring (bicyclic) bond motifs is 2. The summed E-state index contributed by atoms with van der Waals surface area (Å²) < 4.78 is 19.2. The third-order valence-electron chi connectivity index (χ3n) is 8.68. The summed E-state index contributed by atoms with van der Waals surface area (Å²) in [6, 6.07) is 19.6. The molecule has 1 atom stereocenters. The lowest BCUT2D eigenvalue weighted by molar-refractivity contribution is 0.0684. The Morgan fingerprint density at radius 1 is 1.00 bits per heavy atom. The van der Waals surface area contributed by atoms with E-state index in [0.717, 1.165) is 65.3 Å². The van der Waals surface area contributed by atoms with Gasteiger partial charge in [0.25, 0.3) is 11.8 Å². The Morgan fingerprint density at radius 3 is 2.51 bits per heavy atom. The molecule has 1 fully saturated rings. The van der Waals surface area contributed by atoms with Crippen LogP contribution in [0.3, 0.4) is 0 Å². The Morgan fingerprint density at radius 2 is 1.77 bits per heavy atom. The van der Waals surface area contributed by atoms with Gasteiger partial charge in [-0.3, -0.25) is 9.59 Å². The zero-order valence-electron chi connectivity index (χ0n) is 24.6. The molecule has 1 saturated heterocycles. The van der Waals surface area contributed by atoms with Crippen LogP contribution in [0, 0.1) is 17.7 Å². The van der Waals surface area contributed by atoms with Gasteiger partial charge >= 0.3 is 0 Å². The lowest BCUT2D eigenvalue weighted by atomic mass is 9.82. The van der Waals surface area contributed by atoms with Gasteiger partial charge in [0.15, 0.2) is 0 Å². The first-order valence-electron chi connectivity index (χ1n) is 15.0. The van der Waals surface area contributed by atoms with Gasteiger partial charge in [-0.25, -0.2) is 9.38 Å². The highest BCUT2D eigenvalue weighted by Crippen LogP contribution is 2.35. The maximum atomic E-state index is 14.2. The fourth-order valence-corrected chi connectivity index (χ4v) is 6.50. The maximum Gasteiger partial charge on any atom is 0.253 e. The van der Waals surface area contributed by atoms with E-state index in [2.05, 4.69) is 24.4 Å². The number of hydrogen-bond donors (Lipinski definition) is 1. The second kappa shape index (κ2) is 12.5. The fraction of sp³-hybridized carbons (Fsp3) is 0.306. The summed E-state index contributed by atoms with van der Waals surface area (Å²) in [5, 5.41) is 4.68. The zero-order chi connectivity index (χ0) is 29.9. The summed E-state index contributed by atoms with van der Waals surface area (Å²) in [6.07, 6.45) is 7.45. The van der Waals surface area contributed by atoms with E-state index < -0.39 is 0 Å². The van der Waals surface area contributed by atoms with Gasteiger partial charge in [0.05, 0.1) is 17.7 Å². The van der Waals surface area contributed by atoms with Crippen LogP contribution >= 0.6 is 0 Å². The minimum absolute atomic E-state index is 0.0258. The van der Waals surface area contributed by atoms with Gasteiger partial charge in [-0.2, -0.15) is 0 Å². The number of hydrogen-bond acceptors (Lipinski definition) is 4. The predicted octanol–water partition coefficient (Wildman–Crippen LogP) is 5.06. The number of amides is 2. The number of likely N-dealkylation sites (tertiary alicyclic amines) is 1. The quantitative estimate of drug-likeness (QED) is 0.381. The largest absolute Gasteiger partial charge is 0.383 e. The van der Waals surface area contributed by atoms with Crippen molar-refractivity contribution in [1.29, 1.82) is 0 Å². The molecule has 3 aliphatic rings. The first kappa shape index (κ1) is 28.7. The molecule has 3 aromatic carbocycles. The summed E-state index contributed by atoms with van der Waals surface area (Å²) in [6.45, 7) is 4.47. The molecular formula is C36H36FN3O3. The SMILES string of the molecule is COCCNC(=O)c1cccc2c1=C1C(C)=CC(CC3CCN(C(=O)c4ccc(-c5ccccc5F)cc4)CC3)C=C1N=2. The second-order valence-corrected chi connectivity index (χ2v) is 11.5. The highest BCUT2D eigenvalue weighted by atomic mass is 19.1. The molecule has 6 nitrogen and oxygen atoms in total. The second-order valence-electron chi connectivity index (χ2n) is 11.5. The van der Waals surface area contributed by atoms with Crippen LogP contribution in [-0.4, -0.2) is 50.1 Å². The van der Waals surface area contributed by atoms with Gasteiger partial charge in [-0.05, 0) is 79.5 Å². The fourth-order valence-electron chi connectivity index (χ4n) is 6.50. The third kappa shape index (κ3) is 5.95. The number of allylic oxidation sites excluding steroid dienone is 3. The van der Waals surface area contributed by atoms with Gasteiger partial charge < -0.3 is 15.0 Å². The van der Waals surface area contributed by atoms with E-state index in [4.69, 9.17) is 9.73 Å². The number of carbonyl (C=O) groups excluding carboxylic acids is 2. The van der Waals surface area contributed by atoms with Gasteiger partial charge in [0, 0.05) is 54.2 Å². The number of benzene rings is 3. The normalized spacial score (nSPS) is 17.9. The van der Waals surface area contributed by atoms with Crippen molar-refractivity contribution in [2.75, 3.05) is 33.4 Å². The Kier molecular flexibility index (Phi) is 8.34. The number of rotatable bonds is 8. The Bertz CT molecular complexity index is 1730. The van der Waals surface area contributed by atoms with Crippen LogP contribution in [0.4, 0.5) is 4.39 Å². The van der Waals surface area contributed by atoms with E-state index in [-0.39, 0.29) is 23.5 Å². The van der Waals surface area contributed by atoms with E-state index >= 15 is 0 Å². The number of ether oxygens (including phenoxy) is 1. The van der Waals surface area contributed by atoms with Crippen molar-refractivity contribution in [3.63, 3.8) is 0 Å². The Balaban J connectivity index is 1.09. The molecule has 0 spiro atoms. The van der Waals surface area contributed by atoms with E-state index in [9.17, 15) is 14.0 Å². The van der Waals surface area contributed by atoms with E-state index in [1.165, 1.54) is 6.07 Å². The molecule has 1 N–H and O–H groups in total. The Labute approximate surface area is 251 Å². The minimum Gasteiger partial charge on any atom is -0.383 e. The average molecular weight is 578 g/mol. The molecular weight excluding hydrogens is 541 g/mol. The molecule has 2 amide bonds. The number of carbonyl (C=O) groups is 2. The van der Waals surface area contributed by atoms with Gasteiger partial charge in [0.1, 0.15) is 5.82 Å². The topological polar surface area (TPSA) is 71.0 Å². The van der Waals surface area contributed by atoms with Crippen molar-refractivity contribution in [1.82, 2.24) is 10.2 Å². The van der Waals surface area contributed by atoms with E-state index in [0.29, 0.717) is 35.8 Å². The lowest BCUT2D eigenvalue weighted by Crippen LogP contribution is -2.38. The molecule has 43 heavy (non-hydrogen) atoms. The van der Waals surface area contributed by atoms with Crippen LogP contribution in [0.5, 0.6) is 0 Å². The summed E-state index contributed by atoms with van der Waals surface area (Å²) >= 11 is 0. The standard InChI is InChI=1S/C36H36FN3O3/c1-23-20-25(22-32-33(23)34-29(7-5-9-31(34)39-32)35(41)38-16-19-43-2)21-24-14-17-40(18-15-24)36(42)27-12-10-26(11-13-27)28-6-3-4-8-30(28)37/h3-13,20,22,24-25H,14-19,21H2,1-2H3,(H,38,41). The molecule has 220 valence electrons. The van der Waals surface area contributed by atoms with Crippen molar-refractivity contribution in [2.45, 2.75) is 26.2 Å². The predicted molar refractivity (Wildman–Crippen MR) is 165 cm³/mol. The van der Waals surface area contributed by atoms with Crippen LogP contribution in [0.25, 0.3) is 16.7 Å². The molecule has 2 aliphatic heterocycles. The average Bonchev–Trinajstić information content (AvgIpc) is 3.41.